The van der Waals surface area contributed by atoms with Crippen LogP contribution in [0.5, 0.6) is 0 Å². The van der Waals surface area contributed by atoms with Crippen molar-refractivity contribution in [1.29, 1.82) is 0 Å². The normalized spacial score (nSPS) is 10.2. The van der Waals surface area contributed by atoms with E-state index in [4.69, 9.17) is 5.73 Å². The van der Waals surface area contributed by atoms with E-state index in [0.29, 0.717) is 11.3 Å². The van der Waals surface area contributed by atoms with Crippen LogP contribution in [-0.2, 0) is 0 Å². The Morgan fingerprint density at radius 1 is 1.28 bits per heavy atom. The first-order chi connectivity index (χ1) is 8.63. The van der Waals surface area contributed by atoms with Gasteiger partial charge in [0.1, 0.15) is 0 Å². The maximum absolute atomic E-state index is 11.9. The van der Waals surface area contributed by atoms with Gasteiger partial charge in [0.2, 0.25) is 0 Å². The molecule has 0 aromatic heterocycles. The number of hydrogen-bond donors (Lipinski definition) is 2. The summed E-state index contributed by atoms with van der Waals surface area (Å²) in [6.07, 6.45) is 2.09. The van der Waals surface area contributed by atoms with Crippen molar-refractivity contribution in [3.63, 3.8) is 0 Å². The molecule has 4 nitrogen and oxygen atoms in total. The summed E-state index contributed by atoms with van der Waals surface area (Å²) >= 11 is 0. The molecule has 0 fully saturated rings. The van der Waals surface area contributed by atoms with Gasteiger partial charge in [0, 0.05) is 25.8 Å². The lowest BCUT2D eigenvalue weighted by Crippen LogP contribution is -2.29. The van der Waals surface area contributed by atoms with Crippen molar-refractivity contribution in [3.8, 4) is 0 Å². The van der Waals surface area contributed by atoms with Crippen LogP contribution in [0.2, 0.25) is 0 Å². The van der Waals surface area contributed by atoms with Gasteiger partial charge in [-0.3, -0.25) is 4.79 Å². The number of nitrogens with zero attached hydrogens (tertiary/aromatic N) is 1. The Morgan fingerprint density at radius 3 is 2.39 bits per heavy atom. The molecule has 4 heteroatoms. The average Bonchev–Trinajstić information content (AvgIpc) is 2.37. The number of benzene rings is 1. The minimum atomic E-state index is -0.0674. The van der Waals surface area contributed by atoms with E-state index in [1.54, 1.807) is 19.2 Å². The summed E-state index contributed by atoms with van der Waals surface area (Å²) in [6, 6.07) is 5.45. The van der Waals surface area contributed by atoms with Crippen molar-refractivity contribution >= 4 is 17.3 Å². The van der Waals surface area contributed by atoms with E-state index >= 15 is 0 Å². The van der Waals surface area contributed by atoms with Crippen molar-refractivity contribution in [3.05, 3.63) is 23.8 Å². The Labute approximate surface area is 109 Å². The zero-order valence-corrected chi connectivity index (χ0v) is 11.5. The van der Waals surface area contributed by atoms with Crippen LogP contribution in [0, 0.1) is 0 Å². The van der Waals surface area contributed by atoms with Gasteiger partial charge >= 0.3 is 0 Å². The van der Waals surface area contributed by atoms with E-state index in [9.17, 15) is 4.79 Å². The Kier molecular flexibility index (Phi) is 5.49. The Bertz CT molecular complexity index is 398. The number of carbonyl (C=O) groups excluding carboxylic acids is 1. The molecular weight excluding hydrogens is 226 g/mol. The second-order valence-corrected chi connectivity index (χ2v) is 4.34. The molecule has 1 aromatic rings. The van der Waals surface area contributed by atoms with E-state index in [0.717, 1.165) is 31.6 Å². The molecule has 0 saturated heterocycles. The van der Waals surface area contributed by atoms with Crippen molar-refractivity contribution in [1.82, 2.24) is 5.32 Å². The second kappa shape index (κ2) is 6.89. The topological polar surface area (TPSA) is 58.4 Å². The van der Waals surface area contributed by atoms with Gasteiger partial charge in [0.25, 0.3) is 5.91 Å². The molecule has 0 aliphatic carbocycles. The molecule has 0 unspecified atom stereocenters. The predicted octanol–water partition coefficient (Wildman–Crippen LogP) is 2.25. The molecule has 0 spiro atoms. The first kappa shape index (κ1) is 14.4. The number of nitrogen functional groups attached to an aromatic ring is 1. The van der Waals surface area contributed by atoms with Crippen LogP contribution >= 0.6 is 0 Å². The summed E-state index contributed by atoms with van der Waals surface area (Å²) in [5.74, 6) is -0.0674. The third-order valence-electron chi connectivity index (χ3n) is 2.82. The first-order valence-electron chi connectivity index (χ1n) is 6.50. The van der Waals surface area contributed by atoms with Crippen LogP contribution in [0.1, 0.15) is 37.0 Å². The lowest BCUT2D eigenvalue weighted by molar-refractivity contribution is 0.0963. The van der Waals surface area contributed by atoms with Gasteiger partial charge in [-0.05, 0) is 31.0 Å². The molecule has 0 aliphatic rings. The average molecular weight is 249 g/mol. The fraction of sp³-hybridized carbons (Fsp3) is 0.500. The zero-order chi connectivity index (χ0) is 13.5. The van der Waals surface area contributed by atoms with Gasteiger partial charge in [0.15, 0.2) is 0 Å². The van der Waals surface area contributed by atoms with E-state index < -0.39 is 0 Å². The van der Waals surface area contributed by atoms with Gasteiger partial charge in [-0.25, -0.2) is 0 Å². The molecule has 0 bridgehead atoms. The Hall–Kier alpha value is -1.71. The zero-order valence-electron chi connectivity index (χ0n) is 11.5. The van der Waals surface area contributed by atoms with Crippen LogP contribution in [0.25, 0.3) is 0 Å². The maximum Gasteiger partial charge on any atom is 0.253 e. The highest BCUT2D eigenvalue weighted by molar-refractivity contribution is 6.00. The fourth-order valence-corrected chi connectivity index (χ4v) is 2.03. The molecule has 18 heavy (non-hydrogen) atoms. The van der Waals surface area contributed by atoms with Gasteiger partial charge < -0.3 is 16.0 Å². The number of carbonyl (C=O) groups is 1. The third-order valence-corrected chi connectivity index (χ3v) is 2.82. The number of hydrogen-bond acceptors (Lipinski definition) is 3. The van der Waals surface area contributed by atoms with E-state index in [2.05, 4.69) is 24.1 Å². The number of anilines is 2. The van der Waals surface area contributed by atoms with Crippen LogP contribution in [0.3, 0.4) is 0 Å². The number of rotatable bonds is 6. The van der Waals surface area contributed by atoms with Crippen LogP contribution in [0.15, 0.2) is 18.2 Å². The summed E-state index contributed by atoms with van der Waals surface area (Å²) in [5.41, 5.74) is 8.15. The second-order valence-electron chi connectivity index (χ2n) is 4.34. The van der Waals surface area contributed by atoms with Gasteiger partial charge in [-0.15, -0.1) is 0 Å². The molecule has 0 atom stereocenters. The van der Waals surface area contributed by atoms with Gasteiger partial charge in [-0.2, -0.15) is 0 Å². The minimum absolute atomic E-state index is 0.0674. The van der Waals surface area contributed by atoms with E-state index in [-0.39, 0.29) is 5.91 Å². The van der Waals surface area contributed by atoms with Crippen LogP contribution in [0.4, 0.5) is 11.4 Å². The molecule has 0 heterocycles. The smallest absolute Gasteiger partial charge is 0.253 e. The van der Waals surface area contributed by atoms with Crippen molar-refractivity contribution in [2.24, 2.45) is 0 Å². The molecule has 1 rings (SSSR count). The maximum atomic E-state index is 11.9. The molecule has 0 saturated carbocycles. The Morgan fingerprint density at radius 2 is 1.89 bits per heavy atom. The van der Waals surface area contributed by atoms with E-state index in [1.165, 1.54) is 0 Å². The summed E-state index contributed by atoms with van der Waals surface area (Å²) in [7, 11) is 1.65. The molecule has 0 radical (unpaired) electrons. The highest BCUT2D eigenvalue weighted by Crippen LogP contribution is 2.24. The highest BCUT2D eigenvalue weighted by Gasteiger charge is 2.15. The molecule has 100 valence electrons. The lowest BCUT2D eigenvalue weighted by Gasteiger charge is -2.26. The monoisotopic (exact) mass is 249 g/mol. The van der Waals surface area contributed by atoms with E-state index in [1.807, 2.05) is 6.07 Å². The highest BCUT2D eigenvalue weighted by atomic mass is 16.1. The Balaban J connectivity index is 3.16. The number of nitrogens with one attached hydrogen (secondary N) is 1. The van der Waals surface area contributed by atoms with Crippen LogP contribution in [-0.4, -0.2) is 26.0 Å². The molecule has 0 aliphatic heterocycles. The third kappa shape index (κ3) is 3.39. The summed E-state index contributed by atoms with van der Waals surface area (Å²) in [4.78, 5) is 14.1. The van der Waals surface area contributed by atoms with Crippen molar-refractivity contribution in [2.75, 3.05) is 30.8 Å². The SMILES string of the molecule is CCCN(CCC)c1cc(N)ccc1C(=O)NC. The standard InChI is InChI=1S/C14H23N3O/c1-4-8-17(9-5-2)13-10-11(15)6-7-12(13)14(18)16-3/h6-7,10H,4-5,8-9,15H2,1-3H3,(H,16,18). The summed E-state index contributed by atoms with van der Waals surface area (Å²) in [6.45, 7) is 6.13. The number of nitrogens with two attached hydrogens (primary N) is 1. The molecule has 1 amide bonds. The number of amides is 1. The lowest BCUT2D eigenvalue weighted by atomic mass is 10.1. The fourth-order valence-electron chi connectivity index (χ4n) is 2.03. The van der Waals surface area contributed by atoms with Crippen LogP contribution < -0.4 is 16.0 Å². The van der Waals surface area contributed by atoms with Crippen molar-refractivity contribution in [2.45, 2.75) is 26.7 Å². The quantitative estimate of drug-likeness (QED) is 0.760. The van der Waals surface area contributed by atoms with Crippen molar-refractivity contribution < 1.29 is 4.79 Å². The minimum Gasteiger partial charge on any atom is -0.399 e. The molecular formula is C14H23N3O. The summed E-state index contributed by atoms with van der Waals surface area (Å²) in [5, 5.41) is 2.67. The van der Waals surface area contributed by atoms with Gasteiger partial charge in [0.05, 0.1) is 11.3 Å². The largest absolute Gasteiger partial charge is 0.399 e. The summed E-state index contributed by atoms with van der Waals surface area (Å²) < 4.78 is 0. The first-order valence-corrected chi connectivity index (χ1v) is 6.50. The molecule has 1 aromatic carbocycles. The predicted molar refractivity (Wildman–Crippen MR) is 77.0 cm³/mol. The van der Waals surface area contributed by atoms with Gasteiger partial charge in [-0.1, -0.05) is 13.8 Å². The molecule has 3 N–H and O–H groups in total.